The predicted octanol–water partition coefficient (Wildman–Crippen LogP) is 3.32. The number of nitrogens with one attached hydrogen (secondary N) is 1. The first-order valence-electron chi connectivity index (χ1n) is 9.32. The topological polar surface area (TPSA) is 87.0 Å². The van der Waals surface area contributed by atoms with Gasteiger partial charge in [0.05, 0.1) is 14.2 Å². The molecule has 1 amide bonds. The van der Waals surface area contributed by atoms with Gasteiger partial charge in [-0.05, 0) is 49.1 Å². The second kappa shape index (κ2) is 7.87. The van der Waals surface area contributed by atoms with E-state index in [4.69, 9.17) is 18.6 Å². The maximum absolute atomic E-state index is 12.2. The van der Waals surface area contributed by atoms with E-state index < -0.39 is 0 Å². The average molecular weight is 395 g/mol. The van der Waals surface area contributed by atoms with Crippen molar-refractivity contribution < 1.29 is 23.4 Å². The molecule has 0 saturated heterocycles. The molecular weight excluding hydrogens is 374 g/mol. The summed E-state index contributed by atoms with van der Waals surface area (Å²) in [4.78, 5) is 24.3. The zero-order chi connectivity index (χ0) is 20.4. The van der Waals surface area contributed by atoms with Crippen LogP contribution in [0.1, 0.15) is 17.5 Å². The number of aryl methyl sites for hydroxylation is 1. The van der Waals surface area contributed by atoms with Gasteiger partial charge in [-0.3, -0.25) is 4.79 Å². The molecule has 3 aromatic rings. The van der Waals surface area contributed by atoms with Gasteiger partial charge < -0.3 is 23.9 Å². The van der Waals surface area contributed by atoms with E-state index in [-0.39, 0.29) is 18.1 Å². The van der Waals surface area contributed by atoms with E-state index in [1.807, 2.05) is 6.07 Å². The highest BCUT2D eigenvalue weighted by Gasteiger charge is 2.19. The molecule has 4 rings (SSSR count). The highest BCUT2D eigenvalue weighted by atomic mass is 16.5. The standard InChI is InChI=1S/C22H21NO6/c1-26-18-9-6-13(10-20(18)27-2)23-21(24)12-28-14-7-8-16-15-4-3-5-17(15)22(25)29-19(16)11-14/h6-11H,3-5,12H2,1-2H3,(H,23,24). The van der Waals surface area contributed by atoms with E-state index in [1.165, 1.54) is 7.11 Å². The number of ether oxygens (including phenoxy) is 3. The number of methoxy groups -OCH3 is 2. The van der Waals surface area contributed by atoms with Crippen LogP contribution in [0, 0.1) is 0 Å². The van der Waals surface area contributed by atoms with Gasteiger partial charge in [-0.2, -0.15) is 0 Å². The summed E-state index contributed by atoms with van der Waals surface area (Å²) >= 11 is 0. The number of benzene rings is 2. The summed E-state index contributed by atoms with van der Waals surface area (Å²) < 4.78 is 21.4. The van der Waals surface area contributed by atoms with Crippen molar-refractivity contribution in [2.45, 2.75) is 19.3 Å². The number of anilines is 1. The maximum Gasteiger partial charge on any atom is 0.339 e. The predicted molar refractivity (Wildman–Crippen MR) is 108 cm³/mol. The molecule has 7 nitrogen and oxygen atoms in total. The summed E-state index contributed by atoms with van der Waals surface area (Å²) in [6, 6.07) is 10.4. The largest absolute Gasteiger partial charge is 0.493 e. The molecule has 1 N–H and O–H groups in total. The Morgan fingerprint density at radius 1 is 1.03 bits per heavy atom. The van der Waals surface area contributed by atoms with Crippen LogP contribution in [0.4, 0.5) is 5.69 Å². The van der Waals surface area contributed by atoms with Gasteiger partial charge in [-0.25, -0.2) is 4.79 Å². The SMILES string of the molecule is COc1ccc(NC(=O)COc2ccc3c4c(c(=O)oc3c2)CCC4)cc1OC. The molecular formula is C22H21NO6. The van der Waals surface area contributed by atoms with Crippen LogP contribution < -0.4 is 25.2 Å². The van der Waals surface area contributed by atoms with Gasteiger partial charge in [-0.15, -0.1) is 0 Å². The molecule has 29 heavy (non-hydrogen) atoms. The van der Waals surface area contributed by atoms with Crippen molar-refractivity contribution >= 4 is 22.6 Å². The minimum Gasteiger partial charge on any atom is -0.493 e. The Labute approximate surface area is 167 Å². The van der Waals surface area contributed by atoms with Crippen LogP contribution in [0.2, 0.25) is 0 Å². The molecule has 1 aliphatic carbocycles. The Kier molecular flexibility index (Phi) is 5.12. The number of hydrogen-bond acceptors (Lipinski definition) is 6. The summed E-state index contributed by atoms with van der Waals surface area (Å²) in [5.41, 5.74) is 2.60. The fourth-order valence-corrected chi connectivity index (χ4v) is 3.61. The Hall–Kier alpha value is -3.48. The molecule has 0 atom stereocenters. The molecule has 1 aromatic heterocycles. The summed E-state index contributed by atoms with van der Waals surface area (Å²) in [5, 5.41) is 3.68. The summed E-state index contributed by atoms with van der Waals surface area (Å²) in [6.07, 6.45) is 2.61. The second-order valence-corrected chi connectivity index (χ2v) is 6.76. The lowest BCUT2D eigenvalue weighted by atomic mass is 10.1. The highest BCUT2D eigenvalue weighted by Crippen LogP contribution is 2.31. The summed E-state index contributed by atoms with van der Waals surface area (Å²) in [6.45, 7) is -0.185. The monoisotopic (exact) mass is 395 g/mol. The number of amides is 1. The number of carbonyl (C=O) groups is 1. The zero-order valence-corrected chi connectivity index (χ0v) is 16.2. The Morgan fingerprint density at radius 2 is 1.83 bits per heavy atom. The van der Waals surface area contributed by atoms with Crippen LogP contribution >= 0.6 is 0 Å². The van der Waals surface area contributed by atoms with Crippen molar-refractivity contribution in [1.82, 2.24) is 0 Å². The van der Waals surface area contributed by atoms with Crippen molar-refractivity contribution in [3.8, 4) is 17.2 Å². The van der Waals surface area contributed by atoms with Crippen molar-refractivity contribution in [2.24, 2.45) is 0 Å². The smallest absolute Gasteiger partial charge is 0.339 e. The van der Waals surface area contributed by atoms with Gasteiger partial charge in [-0.1, -0.05) is 0 Å². The van der Waals surface area contributed by atoms with E-state index in [2.05, 4.69) is 5.32 Å². The van der Waals surface area contributed by atoms with Gasteiger partial charge in [0.25, 0.3) is 5.91 Å². The van der Waals surface area contributed by atoms with Gasteiger partial charge >= 0.3 is 5.63 Å². The molecule has 1 heterocycles. The third kappa shape index (κ3) is 3.76. The van der Waals surface area contributed by atoms with Crippen LogP contribution in [0.15, 0.2) is 45.6 Å². The number of fused-ring (bicyclic) bond motifs is 3. The molecule has 2 aromatic carbocycles. The first kappa shape index (κ1) is 18.9. The van der Waals surface area contributed by atoms with Crippen LogP contribution in [-0.4, -0.2) is 26.7 Å². The fraction of sp³-hybridized carbons (Fsp3) is 0.273. The van der Waals surface area contributed by atoms with Crippen molar-refractivity contribution in [3.05, 3.63) is 57.9 Å². The van der Waals surface area contributed by atoms with Gasteiger partial charge in [0.2, 0.25) is 0 Å². The van der Waals surface area contributed by atoms with E-state index in [9.17, 15) is 9.59 Å². The fourth-order valence-electron chi connectivity index (χ4n) is 3.61. The molecule has 0 unspecified atom stereocenters. The number of carbonyl (C=O) groups excluding carboxylic acids is 1. The molecule has 0 bridgehead atoms. The van der Waals surface area contributed by atoms with Gasteiger partial charge in [0, 0.05) is 28.8 Å². The summed E-state index contributed by atoms with van der Waals surface area (Å²) in [7, 11) is 3.07. The third-order valence-electron chi connectivity index (χ3n) is 4.98. The lowest BCUT2D eigenvalue weighted by Crippen LogP contribution is -2.20. The maximum atomic E-state index is 12.2. The molecule has 0 radical (unpaired) electrons. The Balaban J connectivity index is 1.45. The lowest BCUT2D eigenvalue weighted by Gasteiger charge is -2.11. The summed E-state index contributed by atoms with van der Waals surface area (Å²) in [5.74, 6) is 1.22. The Morgan fingerprint density at radius 3 is 2.62 bits per heavy atom. The van der Waals surface area contributed by atoms with E-state index in [1.54, 1.807) is 37.4 Å². The van der Waals surface area contributed by atoms with Crippen LogP contribution in [0.5, 0.6) is 17.2 Å². The minimum absolute atomic E-state index is 0.185. The van der Waals surface area contributed by atoms with Crippen molar-refractivity contribution in [2.75, 3.05) is 26.1 Å². The average Bonchev–Trinajstić information content (AvgIpc) is 3.23. The molecule has 0 aliphatic heterocycles. The van der Waals surface area contributed by atoms with Crippen molar-refractivity contribution in [1.29, 1.82) is 0 Å². The lowest BCUT2D eigenvalue weighted by molar-refractivity contribution is -0.118. The molecule has 0 fully saturated rings. The first-order chi connectivity index (χ1) is 14.1. The van der Waals surface area contributed by atoms with Crippen LogP contribution in [-0.2, 0) is 17.6 Å². The first-order valence-corrected chi connectivity index (χ1v) is 9.32. The van der Waals surface area contributed by atoms with Crippen LogP contribution in [0.25, 0.3) is 11.0 Å². The van der Waals surface area contributed by atoms with Gasteiger partial charge in [0.1, 0.15) is 11.3 Å². The van der Waals surface area contributed by atoms with Crippen molar-refractivity contribution in [3.63, 3.8) is 0 Å². The van der Waals surface area contributed by atoms with Gasteiger partial charge in [0.15, 0.2) is 18.1 Å². The van der Waals surface area contributed by atoms with E-state index >= 15 is 0 Å². The van der Waals surface area contributed by atoms with E-state index in [0.29, 0.717) is 28.5 Å². The molecule has 0 spiro atoms. The molecule has 0 saturated carbocycles. The van der Waals surface area contributed by atoms with Crippen LogP contribution in [0.3, 0.4) is 0 Å². The number of rotatable bonds is 6. The second-order valence-electron chi connectivity index (χ2n) is 6.76. The normalized spacial score (nSPS) is 12.5. The molecule has 1 aliphatic rings. The number of hydrogen-bond donors (Lipinski definition) is 1. The van der Waals surface area contributed by atoms with E-state index in [0.717, 1.165) is 35.8 Å². The minimum atomic E-state index is -0.326. The third-order valence-corrected chi connectivity index (χ3v) is 4.98. The molecule has 7 heteroatoms. The molecule has 150 valence electrons. The Bertz CT molecular complexity index is 1130. The quantitative estimate of drug-likeness (QED) is 0.645. The highest BCUT2D eigenvalue weighted by molar-refractivity contribution is 5.92. The zero-order valence-electron chi connectivity index (χ0n) is 16.2.